The zero-order valence-electron chi connectivity index (χ0n) is 17.6. The number of hydrogen-bond acceptors (Lipinski definition) is 5. The Morgan fingerprint density at radius 2 is 2.10 bits per heavy atom. The van der Waals surface area contributed by atoms with Gasteiger partial charge in [-0.15, -0.1) is 0 Å². The van der Waals surface area contributed by atoms with E-state index >= 15 is 0 Å². The summed E-state index contributed by atoms with van der Waals surface area (Å²) in [5, 5.41) is 3.72. The van der Waals surface area contributed by atoms with Gasteiger partial charge < -0.3 is 18.9 Å². The Morgan fingerprint density at radius 3 is 2.80 bits per heavy atom. The van der Waals surface area contributed by atoms with Crippen LogP contribution >= 0.6 is 0 Å². The van der Waals surface area contributed by atoms with Crippen LogP contribution in [0.5, 0.6) is 5.75 Å². The van der Waals surface area contributed by atoms with Crippen molar-refractivity contribution in [3.05, 3.63) is 76.1 Å². The Balaban J connectivity index is 1.69. The van der Waals surface area contributed by atoms with Crippen molar-refractivity contribution in [1.29, 1.82) is 0 Å². The molecule has 0 aliphatic carbocycles. The molecule has 0 radical (unpaired) electrons. The molecule has 0 fully saturated rings. The Morgan fingerprint density at radius 1 is 1.30 bits per heavy atom. The molecule has 0 aliphatic heterocycles. The molecule has 3 aromatic rings. The minimum Gasteiger partial charge on any atom is -0.489 e. The second-order valence-electron chi connectivity index (χ2n) is 7.66. The van der Waals surface area contributed by atoms with Crippen molar-refractivity contribution in [2.75, 3.05) is 6.61 Å². The lowest BCUT2D eigenvalue weighted by atomic mass is 10.0. The Bertz CT molecular complexity index is 1090. The maximum atomic E-state index is 12.5. The lowest BCUT2D eigenvalue weighted by Gasteiger charge is -2.14. The van der Waals surface area contributed by atoms with Gasteiger partial charge in [0.15, 0.2) is 0 Å². The Hall–Kier alpha value is -3.28. The molecule has 1 amide bonds. The van der Waals surface area contributed by atoms with Crippen molar-refractivity contribution >= 4 is 16.9 Å². The number of ether oxygens (including phenoxy) is 1. The molecule has 0 unspecified atom stereocenters. The van der Waals surface area contributed by atoms with Crippen LogP contribution < -0.4 is 15.7 Å². The molecule has 6 nitrogen and oxygen atoms in total. The second-order valence-corrected chi connectivity index (χ2v) is 7.66. The predicted molar refractivity (Wildman–Crippen MR) is 116 cm³/mol. The highest BCUT2D eigenvalue weighted by molar-refractivity contribution is 5.85. The maximum Gasteiger partial charge on any atom is 0.340 e. The smallest absolute Gasteiger partial charge is 0.340 e. The van der Waals surface area contributed by atoms with E-state index in [-0.39, 0.29) is 18.4 Å². The molecule has 0 spiro atoms. The average Bonchev–Trinajstić information content (AvgIpc) is 3.21. The Kier molecular flexibility index (Phi) is 6.77. The topological polar surface area (TPSA) is 81.7 Å². The molecule has 2 heterocycles. The summed E-state index contributed by atoms with van der Waals surface area (Å²) in [6, 6.07) is 9.06. The molecule has 158 valence electrons. The molecule has 2 aromatic heterocycles. The third-order valence-corrected chi connectivity index (χ3v) is 4.89. The molecule has 3 rings (SSSR count). The van der Waals surface area contributed by atoms with E-state index in [4.69, 9.17) is 13.6 Å². The molecule has 6 heteroatoms. The first-order valence-electron chi connectivity index (χ1n) is 9.98. The monoisotopic (exact) mass is 409 g/mol. The number of benzene rings is 1. The van der Waals surface area contributed by atoms with Crippen molar-refractivity contribution in [3.63, 3.8) is 0 Å². The number of carbonyl (C=O) groups excluding carboxylic acids is 1. The van der Waals surface area contributed by atoms with Gasteiger partial charge in [-0.05, 0) is 62.6 Å². The van der Waals surface area contributed by atoms with E-state index in [1.54, 1.807) is 12.3 Å². The van der Waals surface area contributed by atoms with Crippen molar-refractivity contribution < 1.29 is 18.4 Å². The van der Waals surface area contributed by atoms with Crippen molar-refractivity contribution in [2.24, 2.45) is 0 Å². The third-order valence-electron chi connectivity index (χ3n) is 4.89. The first-order chi connectivity index (χ1) is 14.3. The fraction of sp³-hybridized carbons (Fsp3) is 0.333. The van der Waals surface area contributed by atoms with Crippen molar-refractivity contribution in [3.8, 4) is 5.75 Å². The van der Waals surface area contributed by atoms with Crippen LogP contribution in [0.25, 0.3) is 11.0 Å². The lowest BCUT2D eigenvalue weighted by molar-refractivity contribution is -0.121. The second kappa shape index (κ2) is 9.48. The number of rotatable bonds is 9. The quantitative estimate of drug-likeness (QED) is 0.420. The Labute approximate surface area is 175 Å². The SMILES string of the molecule is C=C(C)COc1ccc2c(C)c(CC(=O)N[C@H](C)CCc3ccco3)c(=O)oc2c1. The number of hydrogen-bond donors (Lipinski definition) is 1. The van der Waals surface area contributed by atoms with Crippen LogP contribution in [-0.4, -0.2) is 18.6 Å². The number of nitrogens with one attached hydrogen (secondary N) is 1. The largest absolute Gasteiger partial charge is 0.489 e. The molecule has 0 aliphatic rings. The van der Waals surface area contributed by atoms with Gasteiger partial charge in [0.2, 0.25) is 5.91 Å². The molecule has 1 atom stereocenters. The summed E-state index contributed by atoms with van der Waals surface area (Å²) in [4.78, 5) is 25.0. The summed E-state index contributed by atoms with van der Waals surface area (Å²) in [7, 11) is 0. The highest BCUT2D eigenvalue weighted by atomic mass is 16.5. The van der Waals surface area contributed by atoms with E-state index in [1.165, 1.54) is 0 Å². The van der Waals surface area contributed by atoms with Gasteiger partial charge in [-0.1, -0.05) is 6.58 Å². The van der Waals surface area contributed by atoms with Gasteiger partial charge in [0.05, 0.1) is 18.2 Å². The van der Waals surface area contributed by atoms with Crippen LogP contribution in [0.4, 0.5) is 0 Å². The number of amides is 1. The summed E-state index contributed by atoms with van der Waals surface area (Å²) in [6.07, 6.45) is 3.10. The number of fused-ring (bicyclic) bond motifs is 1. The summed E-state index contributed by atoms with van der Waals surface area (Å²) < 4.78 is 16.4. The fourth-order valence-corrected chi connectivity index (χ4v) is 3.25. The van der Waals surface area contributed by atoms with E-state index in [2.05, 4.69) is 11.9 Å². The molecule has 1 N–H and O–H groups in total. The standard InChI is InChI=1S/C24H27NO5/c1-15(2)14-29-19-9-10-20-17(4)21(24(27)30-22(20)12-19)13-23(26)25-16(3)7-8-18-6-5-11-28-18/h5-6,9-12,16H,1,7-8,13-14H2,2-4H3,(H,25,26)/t16-/m1/s1. The van der Waals surface area contributed by atoms with E-state index < -0.39 is 5.63 Å². The molecule has 1 aromatic carbocycles. The van der Waals surface area contributed by atoms with Crippen LogP contribution in [0.2, 0.25) is 0 Å². The van der Waals surface area contributed by atoms with Gasteiger partial charge in [-0.3, -0.25) is 4.79 Å². The molecular weight excluding hydrogens is 382 g/mol. The molecular formula is C24H27NO5. The number of aryl methyl sites for hydroxylation is 2. The summed E-state index contributed by atoms with van der Waals surface area (Å²) in [5.74, 6) is 1.27. The van der Waals surface area contributed by atoms with Crippen LogP contribution in [-0.2, 0) is 17.6 Å². The van der Waals surface area contributed by atoms with Gasteiger partial charge in [0.1, 0.15) is 23.7 Å². The van der Waals surface area contributed by atoms with E-state index in [0.717, 1.165) is 35.1 Å². The zero-order valence-corrected chi connectivity index (χ0v) is 17.6. The minimum atomic E-state index is -0.504. The molecule has 30 heavy (non-hydrogen) atoms. The maximum absolute atomic E-state index is 12.5. The van der Waals surface area contributed by atoms with E-state index in [9.17, 15) is 9.59 Å². The number of furan rings is 1. The van der Waals surface area contributed by atoms with Crippen LogP contribution in [0, 0.1) is 6.92 Å². The summed E-state index contributed by atoms with van der Waals surface area (Å²) >= 11 is 0. The minimum absolute atomic E-state index is 0.0247. The molecule has 0 bridgehead atoms. The van der Waals surface area contributed by atoms with Gasteiger partial charge >= 0.3 is 5.63 Å². The summed E-state index contributed by atoms with van der Waals surface area (Å²) in [5.41, 5.74) is 1.94. The normalized spacial score (nSPS) is 12.0. The van der Waals surface area contributed by atoms with Gasteiger partial charge in [0.25, 0.3) is 0 Å². The van der Waals surface area contributed by atoms with Crippen LogP contribution in [0.1, 0.15) is 37.2 Å². The number of carbonyl (C=O) groups is 1. The third kappa shape index (κ3) is 5.41. The van der Waals surface area contributed by atoms with Gasteiger partial charge in [0, 0.05) is 23.9 Å². The van der Waals surface area contributed by atoms with Crippen molar-refractivity contribution in [1.82, 2.24) is 5.32 Å². The predicted octanol–water partition coefficient (Wildman–Crippen LogP) is 4.33. The zero-order chi connectivity index (χ0) is 21.7. The van der Waals surface area contributed by atoms with Crippen LogP contribution in [0.15, 0.2) is 62.4 Å². The van der Waals surface area contributed by atoms with E-state index in [1.807, 2.05) is 45.0 Å². The van der Waals surface area contributed by atoms with Crippen molar-refractivity contribution in [2.45, 2.75) is 46.1 Å². The van der Waals surface area contributed by atoms with Gasteiger partial charge in [-0.25, -0.2) is 4.79 Å². The fourth-order valence-electron chi connectivity index (χ4n) is 3.25. The van der Waals surface area contributed by atoms with E-state index in [0.29, 0.717) is 23.5 Å². The highest BCUT2D eigenvalue weighted by Gasteiger charge is 2.17. The first kappa shape index (κ1) is 21.4. The van der Waals surface area contributed by atoms with Gasteiger partial charge in [-0.2, -0.15) is 0 Å². The summed E-state index contributed by atoms with van der Waals surface area (Å²) in [6.45, 7) is 9.84. The van der Waals surface area contributed by atoms with Crippen LogP contribution in [0.3, 0.4) is 0 Å². The average molecular weight is 409 g/mol. The molecule has 0 saturated heterocycles. The lowest BCUT2D eigenvalue weighted by Crippen LogP contribution is -2.35. The first-order valence-corrected chi connectivity index (χ1v) is 9.98. The molecule has 0 saturated carbocycles. The highest BCUT2D eigenvalue weighted by Crippen LogP contribution is 2.24.